The molecule has 0 bridgehead atoms. The second-order valence-corrected chi connectivity index (χ2v) is 8.33. The number of hydrogen-bond donors (Lipinski definition) is 1. The van der Waals surface area contributed by atoms with E-state index in [0.29, 0.717) is 57.6 Å². The fourth-order valence-corrected chi connectivity index (χ4v) is 4.55. The first kappa shape index (κ1) is 22.4. The fraction of sp³-hybridized carbons (Fsp3) is 0.360. The summed E-state index contributed by atoms with van der Waals surface area (Å²) in [6.07, 6.45) is 0. The summed E-state index contributed by atoms with van der Waals surface area (Å²) in [5.74, 6) is -1.58. The number of rotatable bonds is 5. The number of aliphatic hydroxyl groups is 1. The molecule has 0 aliphatic carbocycles. The highest BCUT2D eigenvalue weighted by Crippen LogP contribution is 2.41. The second kappa shape index (κ2) is 9.44. The van der Waals surface area contributed by atoms with E-state index in [1.165, 1.54) is 17.0 Å². The van der Waals surface area contributed by atoms with Gasteiger partial charge >= 0.3 is 0 Å². The van der Waals surface area contributed by atoms with Crippen LogP contribution in [0.4, 0.5) is 4.39 Å². The lowest BCUT2D eigenvalue weighted by Gasteiger charge is -2.31. The number of nitrogens with zero attached hydrogens (tertiary/aromatic N) is 2. The number of carbonyl (C=O) groups is 2. The van der Waals surface area contributed by atoms with Crippen molar-refractivity contribution in [2.45, 2.75) is 6.04 Å². The zero-order valence-electron chi connectivity index (χ0n) is 18.5. The van der Waals surface area contributed by atoms with Crippen molar-refractivity contribution >= 4 is 17.4 Å². The van der Waals surface area contributed by atoms with E-state index in [2.05, 4.69) is 4.90 Å². The molecule has 0 aromatic heterocycles. The number of halogens is 1. The third-order valence-corrected chi connectivity index (χ3v) is 6.32. The monoisotopic (exact) mass is 468 g/mol. The SMILES string of the molecule is O=C1C(=O)N(CCN2CCOCC2)[C@@H](c2ccccc2F)C1=C(O)c1ccc2c(c1)OCCO2. The van der Waals surface area contributed by atoms with Crippen molar-refractivity contribution < 1.29 is 33.3 Å². The number of likely N-dealkylation sites (tertiary alicyclic amines) is 1. The van der Waals surface area contributed by atoms with Crippen molar-refractivity contribution in [2.24, 2.45) is 0 Å². The summed E-state index contributed by atoms with van der Waals surface area (Å²) in [5, 5.41) is 11.2. The first-order valence-corrected chi connectivity index (χ1v) is 11.3. The highest BCUT2D eigenvalue weighted by atomic mass is 19.1. The largest absolute Gasteiger partial charge is 0.507 e. The van der Waals surface area contributed by atoms with Crippen LogP contribution in [0, 0.1) is 5.82 Å². The summed E-state index contributed by atoms with van der Waals surface area (Å²) >= 11 is 0. The van der Waals surface area contributed by atoms with Gasteiger partial charge in [-0.2, -0.15) is 0 Å². The van der Waals surface area contributed by atoms with E-state index in [-0.39, 0.29) is 29.0 Å². The maximum absolute atomic E-state index is 14.9. The number of ketones is 1. The first-order chi connectivity index (χ1) is 16.5. The Kier molecular flexibility index (Phi) is 6.21. The molecule has 3 heterocycles. The van der Waals surface area contributed by atoms with Gasteiger partial charge in [0.2, 0.25) is 0 Å². The quantitative estimate of drug-likeness (QED) is 0.409. The van der Waals surface area contributed by atoms with Gasteiger partial charge in [-0.3, -0.25) is 14.5 Å². The summed E-state index contributed by atoms with van der Waals surface area (Å²) in [7, 11) is 0. The average molecular weight is 468 g/mol. The third kappa shape index (κ3) is 4.12. The molecule has 1 atom stereocenters. The lowest BCUT2D eigenvalue weighted by molar-refractivity contribution is -0.140. The molecule has 2 aromatic carbocycles. The number of fused-ring (bicyclic) bond motifs is 1. The van der Waals surface area contributed by atoms with Gasteiger partial charge in [0.05, 0.1) is 24.8 Å². The normalized spacial score (nSPS) is 22.3. The van der Waals surface area contributed by atoms with Crippen molar-refractivity contribution in [3.8, 4) is 11.5 Å². The van der Waals surface area contributed by atoms with Crippen LogP contribution in [-0.4, -0.2) is 79.2 Å². The van der Waals surface area contributed by atoms with E-state index in [4.69, 9.17) is 14.2 Å². The van der Waals surface area contributed by atoms with Crippen LogP contribution in [0.25, 0.3) is 5.76 Å². The van der Waals surface area contributed by atoms with Gasteiger partial charge in [-0.1, -0.05) is 18.2 Å². The van der Waals surface area contributed by atoms with Gasteiger partial charge < -0.3 is 24.2 Å². The Bertz CT molecular complexity index is 1140. The Morgan fingerprint density at radius 1 is 0.971 bits per heavy atom. The summed E-state index contributed by atoms with van der Waals surface area (Å²) in [6, 6.07) is 9.73. The van der Waals surface area contributed by atoms with Crippen LogP contribution in [0.3, 0.4) is 0 Å². The molecular formula is C25H25FN2O6. The van der Waals surface area contributed by atoms with E-state index < -0.39 is 23.5 Å². The second-order valence-electron chi connectivity index (χ2n) is 8.33. The Balaban J connectivity index is 1.55. The van der Waals surface area contributed by atoms with Crippen molar-refractivity contribution in [2.75, 3.05) is 52.6 Å². The van der Waals surface area contributed by atoms with Gasteiger partial charge in [-0.15, -0.1) is 0 Å². The van der Waals surface area contributed by atoms with Crippen LogP contribution >= 0.6 is 0 Å². The molecule has 9 heteroatoms. The average Bonchev–Trinajstić information content (AvgIpc) is 3.12. The zero-order chi connectivity index (χ0) is 23.7. The molecule has 8 nitrogen and oxygen atoms in total. The molecule has 2 saturated heterocycles. The van der Waals surface area contributed by atoms with Gasteiger partial charge in [0.1, 0.15) is 24.8 Å². The number of hydrogen-bond acceptors (Lipinski definition) is 7. The van der Waals surface area contributed by atoms with Gasteiger partial charge in [0, 0.05) is 37.3 Å². The van der Waals surface area contributed by atoms with E-state index in [1.807, 2.05) is 0 Å². The molecule has 1 N–H and O–H groups in total. The number of ether oxygens (including phenoxy) is 3. The van der Waals surface area contributed by atoms with E-state index >= 15 is 0 Å². The molecule has 0 radical (unpaired) electrons. The molecule has 2 aromatic rings. The van der Waals surface area contributed by atoms with E-state index in [9.17, 15) is 19.1 Å². The number of aliphatic hydroxyl groups excluding tert-OH is 1. The van der Waals surface area contributed by atoms with Gasteiger partial charge in [-0.25, -0.2) is 4.39 Å². The summed E-state index contributed by atoms with van der Waals surface area (Å²) < 4.78 is 31.4. The molecule has 3 aliphatic rings. The van der Waals surface area contributed by atoms with E-state index in [0.717, 1.165) is 0 Å². The smallest absolute Gasteiger partial charge is 0.295 e. The molecule has 5 rings (SSSR count). The van der Waals surface area contributed by atoms with Gasteiger partial charge in [-0.05, 0) is 24.3 Å². The standard InChI is InChI=1S/C25H25FN2O6/c26-18-4-2-1-3-17(18)22-21(23(29)16-5-6-19-20(15-16)34-14-13-33-19)24(30)25(31)28(22)8-7-27-9-11-32-12-10-27/h1-6,15,22,29H,7-14H2/t22-/m0/s1. The van der Waals surface area contributed by atoms with Crippen LogP contribution in [0.5, 0.6) is 11.5 Å². The Morgan fingerprint density at radius 3 is 2.47 bits per heavy atom. The minimum Gasteiger partial charge on any atom is -0.507 e. The number of morpholine rings is 1. The maximum atomic E-state index is 14.9. The Hall–Kier alpha value is -3.43. The number of benzene rings is 2. The fourth-order valence-electron chi connectivity index (χ4n) is 4.55. The molecule has 0 unspecified atom stereocenters. The summed E-state index contributed by atoms with van der Waals surface area (Å²) in [5.41, 5.74) is 0.299. The van der Waals surface area contributed by atoms with Crippen LogP contribution < -0.4 is 9.47 Å². The van der Waals surface area contributed by atoms with Crippen molar-refractivity contribution in [1.29, 1.82) is 0 Å². The summed E-state index contributed by atoms with van der Waals surface area (Å²) in [6.45, 7) is 4.11. The third-order valence-electron chi connectivity index (χ3n) is 6.32. The zero-order valence-corrected chi connectivity index (χ0v) is 18.5. The lowest BCUT2D eigenvalue weighted by Crippen LogP contribution is -2.42. The van der Waals surface area contributed by atoms with Crippen LogP contribution in [0.2, 0.25) is 0 Å². The molecule has 3 aliphatic heterocycles. The molecule has 0 spiro atoms. The Morgan fingerprint density at radius 2 is 1.71 bits per heavy atom. The van der Waals surface area contributed by atoms with Gasteiger partial charge in [0.15, 0.2) is 11.5 Å². The minimum atomic E-state index is -1.05. The topological polar surface area (TPSA) is 88.5 Å². The summed E-state index contributed by atoms with van der Waals surface area (Å²) in [4.78, 5) is 29.7. The predicted octanol–water partition coefficient (Wildman–Crippen LogP) is 2.35. The highest BCUT2D eigenvalue weighted by molar-refractivity contribution is 6.46. The molecule has 1 amide bonds. The molecule has 2 fully saturated rings. The Labute approximate surface area is 196 Å². The lowest BCUT2D eigenvalue weighted by atomic mass is 9.94. The molecule has 0 saturated carbocycles. The number of Topliss-reactive ketones (excluding diaryl/α,β-unsaturated/α-hetero) is 1. The molecule has 34 heavy (non-hydrogen) atoms. The van der Waals surface area contributed by atoms with Crippen LogP contribution in [0.15, 0.2) is 48.0 Å². The number of amides is 1. The first-order valence-electron chi connectivity index (χ1n) is 11.3. The number of carbonyl (C=O) groups excluding carboxylic acids is 2. The molecular weight excluding hydrogens is 443 g/mol. The maximum Gasteiger partial charge on any atom is 0.295 e. The molecule has 178 valence electrons. The van der Waals surface area contributed by atoms with Gasteiger partial charge in [0.25, 0.3) is 11.7 Å². The van der Waals surface area contributed by atoms with E-state index in [1.54, 1.807) is 30.3 Å². The van der Waals surface area contributed by atoms with Crippen LogP contribution in [-0.2, 0) is 14.3 Å². The van der Waals surface area contributed by atoms with Crippen molar-refractivity contribution in [3.63, 3.8) is 0 Å². The van der Waals surface area contributed by atoms with Crippen molar-refractivity contribution in [1.82, 2.24) is 9.80 Å². The predicted molar refractivity (Wildman–Crippen MR) is 120 cm³/mol. The minimum absolute atomic E-state index is 0.145. The van der Waals surface area contributed by atoms with Crippen LogP contribution in [0.1, 0.15) is 17.2 Å². The van der Waals surface area contributed by atoms with Crippen molar-refractivity contribution in [3.05, 3.63) is 65.0 Å². The highest BCUT2D eigenvalue weighted by Gasteiger charge is 2.47.